The fraction of sp³-hybridized carbons (Fsp3) is 1.00. The summed E-state index contributed by atoms with van der Waals surface area (Å²) in [5, 5.41) is -1.48. The maximum atomic E-state index is 12.6. The topological polar surface area (TPSA) is 66.4 Å². The molecule has 0 radical (unpaired) electrons. The van der Waals surface area contributed by atoms with Crippen LogP contribution in [0.2, 0.25) is 0 Å². The molecule has 0 heterocycles. The molecule has 0 aromatic rings. The molecule has 2 N–H and O–H groups in total. The molecule has 124 valence electrons. The van der Waals surface area contributed by atoms with Gasteiger partial charge in [-0.15, -0.1) is 0 Å². The maximum Gasteiger partial charge on any atom is 0.389 e. The van der Waals surface area contributed by atoms with E-state index in [-0.39, 0.29) is 25.7 Å². The number of alkyl halides is 5. The molecule has 0 unspecified atom stereocenters. The molecular weight excluding hydrogens is 309 g/mol. The van der Waals surface area contributed by atoms with Crippen LogP contribution in [0.1, 0.15) is 38.5 Å². The Kier molecular flexibility index (Phi) is 10.3. The molecule has 10 heteroatoms. The second-order valence-corrected chi connectivity index (χ2v) is 5.69. The highest BCUT2D eigenvalue weighted by Gasteiger charge is 2.42. The number of hydrogen-bond donors (Lipinski definition) is 2. The Morgan fingerprint density at radius 1 is 0.900 bits per heavy atom. The first-order chi connectivity index (χ1) is 8.87. The van der Waals surface area contributed by atoms with E-state index in [1.807, 2.05) is 14.1 Å². The second-order valence-electron chi connectivity index (χ2n) is 4.14. The van der Waals surface area contributed by atoms with Crippen molar-refractivity contribution in [3.63, 3.8) is 0 Å². The van der Waals surface area contributed by atoms with Crippen molar-refractivity contribution < 1.29 is 34.9 Å². The number of nitrogens with one attached hydrogen (secondary N) is 1. The summed E-state index contributed by atoms with van der Waals surface area (Å²) in [5.41, 5.74) is 0. The molecular formula is C10H20F5NO3S. The Hall–Kier alpha value is -0.480. The Bertz CT molecular complexity index is 343. The summed E-state index contributed by atoms with van der Waals surface area (Å²) < 4.78 is 88.7. The molecule has 0 rings (SSSR count). The Morgan fingerprint density at radius 2 is 1.25 bits per heavy atom. The maximum absolute atomic E-state index is 12.6. The lowest BCUT2D eigenvalue weighted by molar-refractivity contribution is -0.135. The van der Waals surface area contributed by atoms with Gasteiger partial charge in [0.25, 0.3) is 0 Å². The standard InChI is InChI=1S/C8H13F5O3S.C2H7N/c9-7(10,11)5-3-1-2-4-6-8(12,13)17(14,15)16;1-3-2/h1-6H2,(H,14,15,16);3H,1-2H3. The average molecular weight is 329 g/mol. The second kappa shape index (κ2) is 9.46. The monoisotopic (exact) mass is 329 g/mol. The van der Waals surface area contributed by atoms with Crippen LogP contribution in [0.3, 0.4) is 0 Å². The lowest BCUT2D eigenvalue weighted by atomic mass is 10.1. The van der Waals surface area contributed by atoms with Gasteiger partial charge in [0.2, 0.25) is 0 Å². The van der Waals surface area contributed by atoms with Crippen LogP contribution < -0.4 is 5.32 Å². The highest BCUT2D eigenvalue weighted by Crippen LogP contribution is 2.28. The van der Waals surface area contributed by atoms with Gasteiger partial charge in [0.1, 0.15) is 0 Å². The first-order valence-corrected chi connectivity index (χ1v) is 7.31. The first-order valence-electron chi connectivity index (χ1n) is 5.87. The number of hydrogen-bond acceptors (Lipinski definition) is 3. The van der Waals surface area contributed by atoms with Crippen molar-refractivity contribution in [2.45, 2.75) is 50.0 Å². The van der Waals surface area contributed by atoms with E-state index in [0.717, 1.165) is 0 Å². The smallest absolute Gasteiger partial charge is 0.323 e. The number of rotatable bonds is 7. The third kappa shape index (κ3) is 12.5. The molecule has 0 aromatic carbocycles. The van der Waals surface area contributed by atoms with E-state index in [4.69, 9.17) is 4.55 Å². The highest BCUT2D eigenvalue weighted by molar-refractivity contribution is 7.86. The number of halogens is 5. The van der Waals surface area contributed by atoms with Gasteiger partial charge in [0, 0.05) is 12.8 Å². The van der Waals surface area contributed by atoms with Crippen LogP contribution in [-0.2, 0) is 10.1 Å². The fourth-order valence-electron chi connectivity index (χ4n) is 1.14. The molecule has 4 nitrogen and oxygen atoms in total. The molecule has 0 atom stereocenters. The fourth-order valence-corrected chi connectivity index (χ4v) is 1.54. The Balaban J connectivity index is 0. The van der Waals surface area contributed by atoms with Crippen LogP contribution in [0, 0.1) is 0 Å². The van der Waals surface area contributed by atoms with Gasteiger partial charge >= 0.3 is 21.5 Å². The average Bonchev–Trinajstić information content (AvgIpc) is 2.21. The summed E-state index contributed by atoms with van der Waals surface area (Å²) >= 11 is 0. The van der Waals surface area contributed by atoms with Crippen molar-refractivity contribution in [3.8, 4) is 0 Å². The molecule has 0 aliphatic rings. The molecule has 0 amide bonds. The molecule has 0 bridgehead atoms. The van der Waals surface area contributed by atoms with Crippen LogP contribution in [0.5, 0.6) is 0 Å². The van der Waals surface area contributed by atoms with E-state index >= 15 is 0 Å². The van der Waals surface area contributed by atoms with E-state index in [0.29, 0.717) is 0 Å². The van der Waals surface area contributed by atoms with Crippen LogP contribution in [0.4, 0.5) is 22.0 Å². The largest absolute Gasteiger partial charge is 0.389 e. The van der Waals surface area contributed by atoms with Gasteiger partial charge < -0.3 is 5.32 Å². The van der Waals surface area contributed by atoms with E-state index in [9.17, 15) is 30.4 Å². The molecule has 0 saturated carbocycles. The van der Waals surface area contributed by atoms with Crippen molar-refractivity contribution in [3.05, 3.63) is 0 Å². The molecule has 0 aromatic heterocycles. The molecule has 0 aliphatic carbocycles. The van der Waals surface area contributed by atoms with Gasteiger partial charge in [0.15, 0.2) is 0 Å². The van der Waals surface area contributed by atoms with Gasteiger partial charge in [-0.2, -0.15) is 30.4 Å². The minimum absolute atomic E-state index is 0.0567. The zero-order valence-electron chi connectivity index (χ0n) is 11.3. The van der Waals surface area contributed by atoms with Crippen LogP contribution in [-0.4, -0.2) is 38.5 Å². The summed E-state index contributed by atoms with van der Waals surface area (Å²) in [6.07, 6.45) is -6.63. The van der Waals surface area contributed by atoms with Crippen LogP contribution in [0.25, 0.3) is 0 Å². The lowest BCUT2D eigenvalue weighted by Gasteiger charge is -2.12. The van der Waals surface area contributed by atoms with Gasteiger partial charge in [-0.05, 0) is 26.9 Å². The van der Waals surface area contributed by atoms with Crippen LogP contribution >= 0.6 is 0 Å². The third-order valence-corrected chi connectivity index (χ3v) is 3.01. The zero-order chi connectivity index (χ0) is 16.4. The molecule has 20 heavy (non-hydrogen) atoms. The molecule has 0 aliphatic heterocycles. The predicted octanol–water partition coefficient (Wildman–Crippen LogP) is 3.21. The summed E-state index contributed by atoms with van der Waals surface area (Å²) in [4.78, 5) is 0. The SMILES string of the molecule is CNC.O=S(=O)(O)C(F)(F)CCCCCCC(F)(F)F. The Labute approximate surface area is 115 Å². The molecule has 0 saturated heterocycles. The quantitative estimate of drug-likeness (QED) is 0.428. The van der Waals surface area contributed by atoms with Crippen molar-refractivity contribution >= 4 is 10.1 Å². The van der Waals surface area contributed by atoms with Crippen molar-refractivity contribution in [2.24, 2.45) is 0 Å². The van der Waals surface area contributed by atoms with E-state index < -0.39 is 34.4 Å². The molecule has 0 spiro atoms. The predicted molar refractivity (Wildman–Crippen MR) is 65.2 cm³/mol. The van der Waals surface area contributed by atoms with Crippen molar-refractivity contribution in [2.75, 3.05) is 14.1 Å². The zero-order valence-corrected chi connectivity index (χ0v) is 12.1. The van der Waals surface area contributed by atoms with E-state index in [1.54, 1.807) is 0 Å². The van der Waals surface area contributed by atoms with Crippen molar-refractivity contribution in [1.82, 2.24) is 5.32 Å². The summed E-state index contributed by atoms with van der Waals surface area (Å²) in [6, 6.07) is 0. The van der Waals surface area contributed by atoms with Gasteiger partial charge in [-0.1, -0.05) is 12.8 Å². The summed E-state index contributed by atoms with van der Waals surface area (Å²) in [5.74, 6) is 0. The van der Waals surface area contributed by atoms with Gasteiger partial charge in [0.05, 0.1) is 0 Å². The third-order valence-electron chi connectivity index (χ3n) is 2.06. The highest BCUT2D eigenvalue weighted by atomic mass is 32.2. The normalized spacial score (nSPS) is 12.8. The minimum Gasteiger partial charge on any atom is -0.323 e. The summed E-state index contributed by atoms with van der Waals surface area (Å²) in [6.45, 7) is 0. The van der Waals surface area contributed by atoms with E-state index in [1.165, 1.54) is 0 Å². The van der Waals surface area contributed by atoms with E-state index in [2.05, 4.69) is 5.32 Å². The van der Waals surface area contributed by atoms with Crippen LogP contribution in [0.15, 0.2) is 0 Å². The first kappa shape index (κ1) is 21.8. The van der Waals surface area contributed by atoms with Gasteiger partial charge in [-0.25, -0.2) is 0 Å². The van der Waals surface area contributed by atoms with Crippen molar-refractivity contribution in [1.29, 1.82) is 0 Å². The molecule has 0 fully saturated rings. The lowest BCUT2D eigenvalue weighted by Crippen LogP contribution is -2.27. The Morgan fingerprint density at radius 3 is 1.55 bits per heavy atom. The minimum atomic E-state index is -5.43. The number of unbranched alkanes of at least 4 members (excludes halogenated alkanes) is 3. The van der Waals surface area contributed by atoms with Gasteiger partial charge in [-0.3, -0.25) is 4.55 Å². The summed E-state index contributed by atoms with van der Waals surface area (Å²) in [7, 11) is -1.68.